The molecule has 3 aromatic rings. The quantitative estimate of drug-likeness (QED) is 0.444. The van der Waals surface area contributed by atoms with Gasteiger partial charge in [-0.15, -0.1) is 10.2 Å². The highest BCUT2D eigenvalue weighted by Gasteiger charge is 2.18. The van der Waals surface area contributed by atoms with E-state index in [2.05, 4.69) is 45.1 Å². The highest BCUT2D eigenvalue weighted by molar-refractivity contribution is 8.01. The number of hydrogen-bond donors (Lipinski definition) is 2. The zero-order valence-electron chi connectivity index (χ0n) is 17.2. The van der Waals surface area contributed by atoms with Gasteiger partial charge in [0.25, 0.3) is 0 Å². The monoisotopic (exact) mass is 454 g/mol. The normalized spacial score (nSPS) is 16.7. The Hall–Kier alpha value is -2.42. The van der Waals surface area contributed by atoms with Crippen molar-refractivity contribution in [3.63, 3.8) is 0 Å². The van der Waals surface area contributed by atoms with Gasteiger partial charge in [0.05, 0.1) is 17.9 Å². The second kappa shape index (κ2) is 11.3. The van der Waals surface area contributed by atoms with Crippen LogP contribution in [0.25, 0.3) is 0 Å². The second-order valence-corrected chi connectivity index (χ2v) is 9.60. The fourth-order valence-electron chi connectivity index (χ4n) is 3.50. The number of aromatic nitrogens is 2. The van der Waals surface area contributed by atoms with Gasteiger partial charge in [0, 0.05) is 13.2 Å². The van der Waals surface area contributed by atoms with E-state index in [-0.39, 0.29) is 18.1 Å². The molecule has 162 valence electrons. The van der Waals surface area contributed by atoms with E-state index in [0.717, 1.165) is 47.4 Å². The van der Waals surface area contributed by atoms with Gasteiger partial charge in [-0.3, -0.25) is 4.79 Å². The maximum Gasteiger partial charge on any atom is 0.230 e. The van der Waals surface area contributed by atoms with E-state index in [9.17, 15) is 4.79 Å². The minimum absolute atomic E-state index is 0.0150. The standard InChI is InChI=1S/C23H26N4O2S2/c28-21(16-30-23-27-26-22(31-23)24-15-19-12-7-13-29-19)25-20(18-10-5-2-6-11-18)14-17-8-3-1-4-9-17/h1-6,8-11,19-20H,7,12-16H2,(H,24,26)(H,25,28). The van der Waals surface area contributed by atoms with Crippen LogP contribution in [0.15, 0.2) is 65.0 Å². The van der Waals surface area contributed by atoms with Crippen molar-refractivity contribution in [2.24, 2.45) is 0 Å². The minimum atomic E-state index is -0.0743. The third-order valence-corrected chi connectivity index (χ3v) is 7.07. The lowest BCUT2D eigenvalue weighted by atomic mass is 9.99. The van der Waals surface area contributed by atoms with Crippen molar-refractivity contribution in [3.05, 3.63) is 71.8 Å². The Bertz CT molecular complexity index is 946. The summed E-state index contributed by atoms with van der Waals surface area (Å²) in [7, 11) is 0. The molecule has 0 saturated carbocycles. The number of hydrogen-bond acceptors (Lipinski definition) is 7. The molecular formula is C23H26N4O2S2. The topological polar surface area (TPSA) is 76.1 Å². The molecule has 0 radical (unpaired) electrons. The Morgan fingerprint density at radius 2 is 1.90 bits per heavy atom. The predicted molar refractivity (Wildman–Crippen MR) is 126 cm³/mol. The summed E-state index contributed by atoms with van der Waals surface area (Å²) in [5.41, 5.74) is 2.29. The SMILES string of the molecule is O=C(CSc1nnc(NCC2CCCO2)s1)NC(Cc1ccccc1)c1ccccc1. The number of benzene rings is 2. The molecule has 1 amide bonds. The van der Waals surface area contributed by atoms with Crippen LogP contribution in [0.1, 0.15) is 30.0 Å². The molecule has 2 N–H and O–H groups in total. The first kappa shape index (κ1) is 21.8. The van der Waals surface area contributed by atoms with E-state index in [1.165, 1.54) is 28.7 Å². The fourth-order valence-corrected chi connectivity index (χ4v) is 5.07. The van der Waals surface area contributed by atoms with E-state index >= 15 is 0 Å². The lowest BCUT2D eigenvalue weighted by molar-refractivity contribution is -0.119. The molecule has 6 nitrogen and oxygen atoms in total. The lowest BCUT2D eigenvalue weighted by Gasteiger charge is -2.19. The van der Waals surface area contributed by atoms with Crippen LogP contribution < -0.4 is 10.6 Å². The van der Waals surface area contributed by atoms with Crippen LogP contribution in [-0.2, 0) is 16.0 Å². The zero-order valence-corrected chi connectivity index (χ0v) is 18.8. The Labute approximate surface area is 190 Å². The minimum Gasteiger partial charge on any atom is -0.376 e. The summed E-state index contributed by atoms with van der Waals surface area (Å²) < 4.78 is 6.39. The van der Waals surface area contributed by atoms with Crippen molar-refractivity contribution in [2.45, 2.75) is 35.7 Å². The molecule has 2 atom stereocenters. The van der Waals surface area contributed by atoms with Gasteiger partial charge in [0.1, 0.15) is 0 Å². The first-order chi connectivity index (χ1) is 15.3. The molecular weight excluding hydrogens is 428 g/mol. The summed E-state index contributed by atoms with van der Waals surface area (Å²) in [6, 6.07) is 20.2. The molecule has 2 heterocycles. The van der Waals surface area contributed by atoms with Crippen LogP contribution >= 0.6 is 23.1 Å². The third kappa shape index (κ3) is 6.78. The van der Waals surface area contributed by atoms with Gasteiger partial charge in [-0.25, -0.2) is 0 Å². The number of rotatable bonds is 10. The van der Waals surface area contributed by atoms with Crippen LogP contribution in [0, 0.1) is 0 Å². The van der Waals surface area contributed by atoms with Crippen LogP contribution in [-0.4, -0.2) is 41.1 Å². The number of amides is 1. The molecule has 31 heavy (non-hydrogen) atoms. The van der Waals surface area contributed by atoms with E-state index in [1.54, 1.807) is 0 Å². The molecule has 1 aliphatic rings. The number of carbonyl (C=O) groups is 1. The fraction of sp³-hybridized carbons (Fsp3) is 0.348. The molecule has 0 spiro atoms. The molecule has 1 aliphatic heterocycles. The number of ether oxygens (including phenoxy) is 1. The number of anilines is 1. The molecule has 2 aromatic carbocycles. The molecule has 4 rings (SSSR count). The largest absolute Gasteiger partial charge is 0.376 e. The van der Waals surface area contributed by atoms with Gasteiger partial charge in [-0.1, -0.05) is 83.8 Å². The molecule has 1 aromatic heterocycles. The first-order valence-electron chi connectivity index (χ1n) is 10.5. The van der Waals surface area contributed by atoms with E-state index in [4.69, 9.17) is 4.74 Å². The molecule has 1 saturated heterocycles. The summed E-state index contributed by atoms with van der Waals surface area (Å²) >= 11 is 2.88. The molecule has 0 bridgehead atoms. The Morgan fingerprint density at radius 1 is 1.13 bits per heavy atom. The number of thioether (sulfide) groups is 1. The summed E-state index contributed by atoms with van der Waals surface area (Å²) in [4.78, 5) is 12.7. The predicted octanol–water partition coefficient (Wildman–Crippen LogP) is 4.32. The molecule has 1 fully saturated rings. The van der Waals surface area contributed by atoms with E-state index < -0.39 is 0 Å². The Morgan fingerprint density at radius 3 is 2.65 bits per heavy atom. The van der Waals surface area contributed by atoms with Gasteiger partial charge in [-0.05, 0) is 30.4 Å². The van der Waals surface area contributed by atoms with Gasteiger partial charge in [0.2, 0.25) is 11.0 Å². The van der Waals surface area contributed by atoms with E-state index in [0.29, 0.717) is 5.75 Å². The summed E-state index contributed by atoms with van der Waals surface area (Å²) in [5, 5.41) is 15.6. The lowest BCUT2D eigenvalue weighted by Crippen LogP contribution is -2.31. The third-order valence-electron chi connectivity index (χ3n) is 5.06. The Balaban J connectivity index is 1.29. The zero-order chi connectivity index (χ0) is 21.3. The molecule has 2 unspecified atom stereocenters. The number of nitrogens with one attached hydrogen (secondary N) is 2. The van der Waals surface area contributed by atoms with Crippen LogP contribution in [0.4, 0.5) is 5.13 Å². The van der Waals surface area contributed by atoms with Crippen molar-refractivity contribution in [1.82, 2.24) is 15.5 Å². The van der Waals surface area contributed by atoms with Crippen molar-refractivity contribution in [1.29, 1.82) is 0 Å². The average Bonchev–Trinajstić information content (AvgIpc) is 3.49. The number of carbonyl (C=O) groups excluding carboxylic acids is 1. The van der Waals surface area contributed by atoms with Gasteiger partial charge in [0.15, 0.2) is 4.34 Å². The summed E-state index contributed by atoms with van der Waals surface area (Å²) in [5.74, 6) is 0.289. The van der Waals surface area contributed by atoms with E-state index in [1.807, 2.05) is 36.4 Å². The van der Waals surface area contributed by atoms with Crippen molar-refractivity contribution < 1.29 is 9.53 Å². The van der Waals surface area contributed by atoms with Crippen molar-refractivity contribution >= 4 is 34.1 Å². The number of nitrogens with zero attached hydrogens (tertiary/aromatic N) is 2. The van der Waals surface area contributed by atoms with Crippen molar-refractivity contribution in [3.8, 4) is 0 Å². The van der Waals surface area contributed by atoms with Crippen molar-refractivity contribution in [2.75, 3.05) is 24.2 Å². The highest BCUT2D eigenvalue weighted by Crippen LogP contribution is 2.26. The van der Waals surface area contributed by atoms with Crippen LogP contribution in [0.5, 0.6) is 0 Å². The van der Waals surface area contributed by atoms with Gasteiger partial charge >= 0.3 is 0 Å². The average molecular weight is 455 g/mol. The maximum absolute atomic E-state index is 12.7. The highest BCUT2D eigenvalue weighted by atomic mass is 32.2. The van der Waals surface area contributed by atoms with Crippen LogP contribution in [0.2, 0.25) is 0 Å². The first-order valence-corrected chi connectivity index (χ1v) is 12.3. The smallest absolute Gasteiger partial charge is 0.230 e. The molecule has 0 aliphatic carbocycles. The summed E-state index contributed by atoms with van der Waals surface area (Å²) in [6.07, 6.45) is 3.20. The molecule has 8 heteroatoms. The summed E-state index contributed by atoms with van der Waals surface area (Å²) in [6.45, 7) is 1.59. The maximum atomic E-state index is 12.7. The van der Waals surface area contributed by atoms with Gasteiger partial charge in [-0.2, -0.15) is 0 Å². The second-order valence-electron chi connectivity index (χ2n) is 7.40. The Kier molecular flexibility index (Phi) is 7.93. The van der Waals surface area contributed by atoms with Crippen LogP contribution in [0.3, 0.4) is 0 Å². The van der Waals surface area contributed by atoms with Gasteiger partial charge < -0.3 is 15.4 Å².